The number of rotatable bonds is 3. The topological polar surface area (TPSA) is 75.3 Å². The van der Waals surface area contributed by atoms with Gasteiger partial charge in [-0.05, 0) is 25.1 Å². The molecule has 1 aromatic carbocycles. The molecule has 1 rings (SSSR count). The normalized spacial score (nSPS) is 9.06. The number of nitrogen functional groups attached to an aromatic ring is 1. The molecule has 0 fully saturated rings. The lowest BCUT2D eigenvalue weighted by molar-refractivity contribution is 0.0955. The molecular formula is C12H14N2O2. The zero-order chi connectivity index (χ0) is 12.0. The number of phenols is 1. The van der Waals surface area contributed by atoms with E-state index >= 15 is 0 Å². The van der Waals surface area contributed by atoms with Crippen molar-refractivity contribution in [3.63, 3.8) is 0 Å². The third kappa shape index (κ3) is 3.21. The molecule has 1 aromatic rings. The number of anilines is 1. The summed E-state index contributed by atoms with van der Waals surface area (Å²) < 4.78 is 0. The Hall–Kier alpha value is -2.15. The number of carbonyl (C=O) groups excluding carboxylic acids is 1. The number of nitrogens with one attached hydrogen (secondary N) is 1. The van der Waals surface area contributed by atoms with Gasteiger partial charge in [-0.3, -0.25) is 4.79 Å². The van der Waals surface area contributed by atoms with E-state index in [0.29, 0.717) is 18.7 Å². The van der Waals surface area contributed by atoms with Gasteiger partial charge in [-0.25, -0.2) is 0 Å². The molecule has 84 valence electrons. The fourth-order valence-corrected chi connectivity index (χ4v) is 1.20. The highest BCUT2D eigenvalue weighted by molar-refractivity contribution is 5.99. The lowest BCUT2D eigenvalue weighted by Crippen LogP contribution is -2.25. The first kappa shape index (κ1) is 11.9. The number of hydrogen-bond donors (Lipinski definition) is 3. The first-order valence-corrected chi connectivity index (χ1v) is 4.91. The molecule has 0 atom stereocenters. The molecule has 0 bridgehead atoms. The summed E-state index contributed by atoms with van der Waals surface area (Å²) in [7, 11) is 0. The van der Waals surface area contributed by atoms with Crippen LogP contribution in [0, 0.1) is 11.8 Å². The molecule has 0 aliphatic rings. The molecule has 0 radical (unpaired) electrons. The Labute approximate surface area is 94.5 Å². The van der Waals surface area contributed by atoms with Crippen LogP contribution in [-0.2, 0) is 0 Å². The number of phenolic OH excluding ortho intramolecular Hbond substituents is 1. The van der Waals surface area contributed by atoms with Crippen molar-refractivity contribution in [1.82, 2.24) is 5.32 Å². The van der Waals surface area contributed by atoms with Gasteiger partial charge in [0.2, 0.25) is 0 Å². The molecule has 4 heteroatoms. The van der Waals surface area contributed by atoms with Crippen LogP contribution >= 0.6 is 0 Å². The lowest BCUT2D eigenvalue weighted by Gasteiger charge is -2.06. The molecule has 0 spiro atoms. The van der Waals surface area contributed by atoms with E-state index in [4.69, 9.17) is 5.73 Å². The summed E-state index contributed by atoms with van der Waals surface area (Å²) in [6, 6.07) is 4.28. The molecule has 4 N–H and O–H groups in total. The van der Waals surface area contributed by atoms with E-state index in [9.17, 15) is 9.90 Å². The molecule has 0 aliphatic carbocycles. The van der Waals surface area contributed by atoms with Gasteiger partial charge in [0, 0.05) is 18.7 Å². The van der Waals surface area contributed by atoms with E-state index in [2.05, 4.69) is 17.2 Å². The number of amides is 1. The van der Waals surface area contributed by atoms with Crippen molar-refractivity contribution < 1.29 is 9.90 Å². The van der Waals surface area contributed by atoms with Gasteiger partial charge < -0.3 is 16.2 Å². The van der Waals surface area contributed by atoms with Crippen molar-refractivity contribution in [1.29, 1.82) is 0 Å². The van der Waals surface area contributed by atoms with Crippen molar-refractivity contribution in [2.24, 2.45) is 0 Å². The molecule has 1 amide bonds. The van der Waals surface area contributed by atoms with E-state index in [1.807, 2.05) is 0 Å². The molecule has 16 heavy (non-hydrogen) atoms. The highest BCUT2D eigenvalue weighted by Gasteiger charge is 2.09. The van der Waals surface area contributed by atoms with Crippen molar-refractivity contribution in [3.8, 4) is 17.6 Å². The Morgan fingerprint density at radius 1 is 1.56 bits per heavy atom. The fraction of sp³-hybridized carbons (Fsp3) is 0.250. The summed E-state index contributed by atoms with van der Waals surface area (Å²) in [6.45, 7) is 2.21. The zero-order valence-electron chi connectivity index (χ0n) is 9.08. The first-order chi connectivity index (χ1) is 7.65. The lowest BCUT2D eigenvalue weighted by atomic mass is 10.1. The Morgan fingerprint density at radius 3 is 3.00 bits per heavy atom. The molecule has 0 aliphatic heterocycles. The predicted octanol–water partition coefficient (Wildman–Crippen LogP) is 1.12. The minimum atomic E-state index is -0.300. The minimum Gasteiger partial charge on any atom is -0.508 e. The average Bonchev–Trinajstić information content (AvgIpc) is 2.27. The van der Waals surface area contributed by atoms with Crippen LogP contribution in [0.5, 0.6) is 5.75 Å². The molecular weight excluding hydrogens is 204 g/mol. The van der Waals surface area contributed by atoms with Crippen molar-refractivity contribution in [2.45, 2.75) is 13.3 Å². The Balaban J connectivity index is 2.64. The maximum atomic E-state index is 11.6. The summed E-state index contributed by atoms with van der Waals surface area (Å²) in [5.41, 5.74) is 6.25. The van der Waals surface area contributed by atoms with Crippen LogP contribution in [0.25, 0.3) is 0 Å². The van der Waals surface area contributed by atoms with Gasteiger partial charge in [-0.1, -0.05) is 0 Å². The van der Waals surface area contributed by atoms with Crippen LogP contribution in [-0.4, -0.2) is 17.6 Å². The summed E-state index contributed by atoms with van der Waals surface area (Å²) in [5, 5.41) is 11.9. The zero-order valence-corrected chi connectivity index (χ0v) is 9.08. The molecule has 0 heterocycles. The first-order valence-electron chi connectivity index (χ1n) is 4.91. The summed E-state index contributed by atoms with van der Waals surface area (Å²) >= 11 is 0. The second-order valence-electron chi connectivity index (χ2n) is 3.20. The van der Waals surface area contributed by atoms with E-state index in [1.54, 1.807) is 6.92 Å². The van der Waals surface area contributed by atoms with Gasteiger partial charge in [0.05, 0.1) is 5.56 Å². The Kier molecular flexibility index (Phi) is 4.22. The number of hydrogen-bond acceptors (Lipinski definition) is 3. The van der Waals surface area contributed by atoms with E-state index < -0.39 is 0 Å². The van der Waals surface area contributed by atoms with Gasteiger partial charge in [-0.2, -0.15) is 0 Å². The minimum absolute atomic E-state index is 0.0210. The maximum absolute atomic E-state index is 11.6. The highest BCUT2D eigenvalue weighted by Crippen LogP contribution is 2.17. The maximum Gasteiger partial charge on any atom is 0.253 e. The number of benzene rings is 1. The molecule has 0 saturated carbocycles. The largest absolute Gasteiger partial charge is 0.508 e. The summed E-state index contributed by atoms with van der Waals surface area (Å²) in [4.78, 5) is 11.6. The van der Waals surface area contributed by atoms with Crippen LogP contribution in [0.4, 0.5) is 5.69 Å². The van der Waals surface area contributed by atoms with Crippen molar-refractivity contribution in [3.05, 3.63) is 23.8 Å². The van der Waals surface area contributed by atoms with E-state index in [1.165, 1.54) is 18.2 Å². The second kappa shape index (κ2) is 5.66. The van der Waals surface area contributed by atoms with Crippen LogP contribution < -0.4 is 11.1 Å². The van der Waals surface area contributed by atoms with Crippen LogP contribution in [0.1, 0.15) is 23.7 Å². The van der Waals surface area contributed by atoms with Crippen LogP contribution in [0.3, 0.4) is 0 Å². The summed E-state index contributed by atoms with van der Waals surface area (Å²) in [5.74, 6) is 5.29. The average molecular weight is 218 g/mol. The van der Waals surface area contributed by atoms with Gasteiger partial charge in [0.15, 0.2) is 0 Å². The molecule has 0 saturated heterocycles. The van der Waals surface area contributed by atoms with E-state index in [-0.39, 0.29) is 17.2 Å². The van der Waals surface area contributed by atoms with Crippen LogP contribution in [0.2, 0.25) is 0 Å². The monoisotopic (exact) mass is 218 g/mol. The number of aromatic hydroxyl groups is 1. The van der Waals surface area contributed by atoms with Gasteiger partial charge in [-0.15, -0.1) is 11.8 Å². The molecule has 4 nitrogen and oxygen atoms in total. The third-order valence-electron chi connectivity index (χ3n) is 1.99. The second-order valence-corrected chi connectivity index (χ2v) is 3.20. The Bertz CT molecular complexity index is 444. The Morgan fingerprint density at radius 2 is 2.31 bits per heavy atom. The third-order valence-corrected chi connectivity index (χ3v) is 1.99. The number of nitrogens with two attached hydrogens (primary N) is 1. The highest BCUT2D eigenvalue weighted by atomic mass is 16.3. The predicted molar refractivity (Wildman–Crippen MR) is 62.9 cm³/mol. The molecule has 0 unspecified atom stereocenters. The SMILES string of the molecule is CC#CCCNC(=O)c1cc(O)ccc1N. The van der Waals surface area contributed by atoms with Gasteiger partial charge in [0.25, 0.3) is 5.91 Å². The van der Waals surface area contributed by atoms with E-state index in [0.717, 1.165) is 0 Å². The fourth-order valence-electron chi connectivity index (χ4n) is 1.20. The van der Waals surface area contributed by atoms with Gasteiger partial charge >= 0.3 is 0 Å². The van der Waals surface area contributed by atoms with Crippen LogP contribution in [0.15, 0.2) is 18.2 Å². The molecule has 0 aromatic heterocycles. The van der Waals surface area contributed by atoms with Gasteiger partial charge in [0.1, 0.15) is 5.75 Å². The quantitative estimate of drug-likeness (QED) is 0.308. The smallest absolute Gasteiger partial charge is 0.253 e. The standard InChI is InChI=1S/C12H14N2O2/c1-2-3-4-7-14-12(16)10-8-9(15)5-6-11(10)13/h5-6,8,15H,4,7,13H2,1H3,(H,14,16). The number of carbonyl (C=O) groups is 1. The summed E-state index contributed by atoms with van der Waals surface area (Å²) in [6.07, 6.45) is 0.598. The van der Waals surface area contributed by atoms with Crippen molar-refractivity contribution >= 4 is 11.6 Å². The van der Waals surface area contributed by atoms with Crippen molar-refractivity contribution in [2.75, 3.05) is 12.3 Å².